The van der Waals surface area contributed by atoms with Gasteiger partial charge in [0.05, 0.1) is 23.5 Å². The number of rotatable bonds is 6. The molecule has 0 spiro atoms. The number of aliphatic hydroxyl groups is 2. The molecule has 0 aromatic carbocycles. The van der Waals surface area contributed by atoms with Crippen LogP contribution in [0, 0.1) is 45.3 Å². The molecule has 4 aliphatic rings. The lowest BCUT2D eigenvalue weighted by atomic mass is 9.42. The van der Waals surface area contributed by atoms with Crippen molar-refractivity contribution in [1.82, 2.24) is 0 Å². The van der Waals surface area contributed by atoms with E-state index in [2.05, 4.69) is 6.92 Å². The van der Waals surface area contributed by atoms with Crippen LogP contribution in [0.25, 0.3) is 0 Å². The molecule has 3 N–H and O–H groups in total. The van der Waals surface area contributed by atoms with Crippen LogP contribution in [0.4, 0.5) is 0 Å². The number of carbonyl (C=O) groups is 4. The van der Waals surface area contributed by atoms with Crippen LogP contribution in [-0.2, 0) is 19.2 Å². The average molecular weight is 517 g/mol. The Morgan fingerprint density at radius 3 is 2.24 bits per heavy atom. The number of aliphatic hydroxyl groups excluding tert-OH is 2. The summed E-state index contributed by atoms with van der Waals surface area (Å²) in [5.41, 5.74) is -1.55. The summed E-state index contributed by atoms with van der Waals surface area (Å²) < 4.78 is 0. The maximum absolute atomic E-state index is 14.1. The van der Waals surface area contributed by atoms with Crippen molar-refractivity contribution in [3.63, 3.8) is 0 Å². The molecule has 9 atom stereocenters. The number of hydrogen-bond donors (Lipinski definition) is 3. The van der Waals surface area contributed by atoms with E-state index in [-0.39, 0.29) is 60.8 Å². The monoisotopic (exact) mass is 516 g/mol. The van der Waals surface area contributed by atoms with Gasteiger partial charge in [-0.1, -0.05) is 41.5 Å². The van der Waals surface area contributed by atoms with Gasteiger partial charge in [0.15, 0.2) is 5.78 Å². The molecular weight excluding hydrogens is 472 g/mol. The summed E-state index contributed by atoms with van der Waals surface area (Å²) in [7, 11) is 0. The van der Waals surface area contributed by atoms with Crippen molar-refractivity contribution in [3.8, 4) is 0 Å². The van der Waals surface area contributed by atoms with Gasteiger partial charge in [0.1, 0.15) is 11.6 Å². The van der Waals surface area contributed by atoms with E-state index in [1.165, 1.54) is 6.92 Å². The number of hydrogen-bond acceptors (Lipinski definition) is 6. The van der Waals surface area contributed by atoms with E-state index in [4.69, 9.17) is 0 Å². The molecule has 7 heteroatoms. The second-order valence-electron chi connectivity index (χ2n) is 13.9. The number of carboxylic acids is 1. The van der Waals surface area contributed by atoms with Gasteiger partial charge in [-0.05, 0) is 65.8 Å². The third kappa shape index (κ3) is 3.82. The topological polar surface area (TPSA) is 129 Å². The molecule has 0 bridgehead atoms. The lowest BCUT2D eigenvalue weighted by Gasteiger charge is -2.61. The fourth-order valence-corrected chi connectivity index (χ4v) is 9.12. The van der Waals surface area contributed by atoms with Gasteiger partial charge in [-0.2, -0.15) is 0 Å². The van der Waals surface area contributed by atoms with E-state index in [0.717, 1.165) is 0 Å². The molecule has 4 aliphatic carbocycles. The van der Waals surface area contributed by atoms with Crippen molar-refractivity contribution >= 4 is 23.3 Å². The number of aliphatic carboxylic acids is 1. The molecule has 2 saturated carbocycles. The number of carbonyl (C=O) groups excluding carboxylic acids is 3. The number of allylic oxidation sites excluding steroid dienone is 1. The number of Topliss-reactive ketones (excluding diaryl/α,β-unsaturated/α-hetero) is 3. The largest absolute Gasteiger partial charge is 0.481 e. The van der Waals surface area contributed by atoms with Crippen LogP contribution < -0.4 is 0 Å². The van der Waals surface area contributed by atoms with Gasteiger partial charge in [-0.25, -0.2) is 0 Å². The Kier molecular flexibility index (Phi) is 6.72. The van der Waals surface area contributed by atoms with Crippen LogP contribution >= 0.6 is 0 Å². The molecule has 2 fully saturated rings. The maximum Gasteiger partial charge on any atom is 0.306 e. The Morgan fingerprint density at radius 2 is 1.65 bits per heavy atom. The predicted molar refractivity (Wildman–Crippen MR) is 137 cm³/mol. The number of fused-ring (bicyclic) bond motifs is 4. The molecule has 0 radical (unpaired) electrons. The third-order valence-corrected chi connectivity index (χ3v) is 11.6. The smallest absolute Gasteiger partial charge is 0.306 e. The van der Waals surface area contributed by atoms with E-state index in [9.17, 15) is 34.5 Å². The summed E-state index contributed by atoms with van der Waals surface area (Å²) in [5, 5.41) is 31.6. The Hall–Kier alpha value is -1.86. The lowest BCUT2D eigenvalue weighted by Crippen LogP contribution is -2.60. The summed E-state index contributed by atoms with van der Waals surface area (Å²) >= 11 is 0. The first-order valence-electron chi connectivity index (χ1n) is 13.8. The first-order chi connectivity index (χ1) is 16.9. The fraction of sp³-hybridized carbons (Fsp3) is 0.800. The highest BCUT2D eigenvalue weighted by molar-refractivity contribution is 6.05. The van der Waals surface area contributed by atoms with Gasteiger partial charge >= 0.3 is 5.97 Å². The molecule has 4 rings (SSSR count). The minimum Gasteiger partial charge on any atom is -0.481 e. The Balaban J connectivity index is 1.74. The van der Waals surface area contributed by atoms with E-state index in [0.29, 0.717) is 30.4 Å². The molecule has 0 aromatic rings. The summed E-state index contributed by atoms with van der Waals surface area (Å²) in [6.07, 6.45) is 0.671. The Morgan fingerprint density at radius 1 is 1.03 bits per heavy atom. The van der Waals surface area contributed by atoms with Crippen molar-refractivity contribution in [2.24, 2.45) is 45.3 Å². The van der Waals surface area contributed by atoms with E-state index >= 15 is 0 Å². The van der Waals surface area contributed by atoms with Crippen LogP contribution in [-0.4, -0.2) is 50.8 Å². The minimum atomic E-state index is -1.01. The molecule has 0 unspecified atom stereocenters. The Labute approximate surface area is 220 Å². The first-order valence-corrected chi connectivity index (χ1v) is 13.8. The van der Waals surface area contributed by atoms with Crippen LogP contribution in [0.2, 0.25) is 0 Å². The van der Waals surface area contributed by atoms with Gasteiger partial charge < -0.3 is 15.3 Å². The zero-order valence-corrected chi connectivity index (χ0v) is 23.4. The fourth-order valence-electron chi connectivity index (χ4n) is 9.12. The molecule has 0 saturated heterocycles. The zero-order chi connectivity index (χ0) is 27.9. The van der Waals surface area contributed by atoms with Crippen molar-refractivity contribution in [2.45, 2.75) is 106 Å². The summed E-state index contributed by atoms with van der Waals surface area (Å²) in [4.78, 5) is 51.9. The van der Waals surface area contributed by atoms with Crippen molar-refractivity contribution in [3.05, 3.63) is 11.1 Å². The molecule has 0 heterocycles. The quantitative estimate of drug-likeness (QED) is 0.484. The lowest BCUT2D eigenvalue weighted by molar-refractivity contribution is -0.144. The molecule has 37 heavy (non-hydrogen) atoms. The van der Waals surface area contributed by atoms with Gasteiger partial charge in [0.25, 0.3) is 0 Å². The zero-order valence-electron chi connectivity index (χ0n) is 23.4. The van der Waals surface area contributed by atoms with E-state index < -0.39 is 45.8 Å². The minimum absolute atomic E-state index is 0.00871. The van der Waals surface area contributed by atoms with Crippen LogP contribution in [0.15, 0.2) is 11.1 Å². The molecule has 0 aliphatic heterocycles. The molecule has 206 valence electrons. The summed E-state index contributed by atoms with van der Waals surface area (Å²) in [6, 6.07) is 0. The van der Waals surface area contributed by atoms with Gasteiger partial charge in [0, 0.05) is 31.3 Å². The highest BCUT2D eigenvalue weighted by Gasteiger charge is 2.70. The van der Waals surface area contributed by atoms with Gasteiger partial charge in [-0.3, -0.25) is 19.2 Å². The number of ketones is 3. The normalized spacial score (nSPS) is 42.5. The second kappa shape index (κ2) is 8.84. The summed E-state index contributed by atoms with van der Waals surface area (Å²) in [5.74, 6) is -2.45. The molecule has 0 aromatic heterocycles. The van der Waals surface area contributed by atoms with Crippen molar-refractivity contribution in [2.75, 3.05) is 0 Å². The standard InChI is InChI=1S/C30H44O7/c1-15(10-17(31)11-16(2)26(36)37)18-12-23(35)30(7)25-19(32)13-21-27(3,4)22(34)8-9-28(21,5)24(25)20(33)14-29(18,30)6/h15-16,18-19,21-22,32,34H,8-14H2,1-7H3,(H,36,37)/t15-,16+,18+,19-,21+,22+,28+,29-,30+/m1/s1. The molecular formula is C30H44O7. The second-order valence-corrected chi connectivity index (χ2v) is 13.9. The molecule has 0 amide bonds. The highest BCUT2D eigenvalue weighted by atomic mass is 16.4. The average Bonchev–Trinajstić information content (AvgIpc) is 2.99. The highest BCUT2D eigenvalue weighted by Crippen LogP contribution is 2.70. The van der Waals surface area contributed by atoms with E-state index in [1.807, 2.05) is 34.6 Å². The first kappa shape index (κ1) is 28.2. The van der Waals surface area contributed by atoms with Crippen LogP contribution in [0.3, 0.4) is 0 Å². The summed E-state index contributed by atoms with van der Waals surface area (Å²) in [6.45, 7) is 13.4. The molecule has 7 nitrogen and oxygen atoms in total. The van der Waals surface area contributed by atoms with Gasteiger partial charge in [-0.15, -0.1) is 0 Å². The maximum atomic E-state index is 14.1. The van der Waals surface area contributed by atoms with Crippen LogP contribution in [0.5, 0.6) is 0 Å². The Bertz CT molecular complexity index is 1070. The van der Waals surface area contributed by atoms with E-state index in [1.54, 1.807) is 0 Å². The number of carboxylic acid groups (broad SMARTS) is 1. The van der Waals surface area contributed by atoms with Crippen molar-refractivity contribution in [1.29, 1.82) is 0 Å². The third-order valence-electron chi connectivity index (χ3n) is 11.6. The van der Waals surface area contributed by atoms with Crippen molar-refractivity contribution < 1.29 is 34.5 Å². The SMILES string of the molecule is C[C@H](CC(=O)C[C@H](C)C(=O)O)[C@@H]1CC(=O)[C@@]2(C)C3=C(C(=O)C[C@]12C)[C@@]1(C)CC[C@H](O)C(C)(C)[C@@H]1C[C@H]3O. The van der Waals surface area contributed by atoms with Crippen LogP contribution in [0.1, 0.15) is 93.4 Å². The van der Waals surface area contributed by atoms with Gasteiger partial charge in [0.2, 0.25) is 0 Å². The predicted octanol–water partition coefficient (Wildman–Crippen LogP) is 4.13.